The minimum Gasteiger partial charge on any atom is -0.497 e. The molecule has 1 aliphatic carbocycles. The lowest BCUT2D eigenvalue weighted by molar-refractivity contribution is 0.0951. The summed E-state index contributed by atoms with van der Waals surface area (Å²) in [6.45, 7) is 1.78. The number of carbonyl (C=O) groups is 2. The average molecular weight is 342 g/mol. The lowest BCUT2D eigenvalue weighted by atomic mass is 10.1. The molecule has 0 bridgehead atoms. The van der Waals surface area contributed by atoms with Gasteiger partial charge in [-0.1, -0.05) is 11.6 Å². The lowest BCUT2D eigenvalue weighted by Crippen LogP contribution is -2.27. The van der Waals surface area contributed by atoms with Gasteiger partial charge in [-0.25, -0.2) is 4.39 Å². The first kappa shape index (κ1) is 17.0. The zero-order chi connectivity index (χ0) is 18.0. The summed E-state index contributed by atoms with van der Waals surface area (Å²) in [5, 5.41) is 5.50. The van der Waals surface area contributed by atoms with Crippen LogP contribution in [-0.2, 0) is 0 Å². The number of aryl methyl sites for hydroxylation is 1. The number of nitrogens with one attached hydrogen (secondary N) is 2. The van der Waals surface area contributed by atoms with Gasteiger partial charge < -0.3 is 15.4 Å². The van der Waals surface area contributed by atoms with Crippen molar-refractivity contribution in [2.24, 2.45) is 0 Å². The first-order valence-corrected chi connectivity index (χ1v) is 8.04. The van der Waals surface area contributed by atoms with Crippen LogP contribution >= 0.6 is 0 Å². The van der Waals surface area contributed by atoms with Crippen molar-refractivity contribution in [2.45, 2.75) is 25.8 Å². The van der Waals surface area contributed by atoms with E-state index in [2.05, 4.69) is 10.6 Å². The van der Waals surface area contributed by atoms with E-state index in [1.165, 1.54) is 19.2 Å². The lowest BCUT2D eigenvalue weighted by Gasteiger charge is -2.13. The predicted octanol–water partition coefficient (Wildman–Crippen LogP) is 3.29. The van der Waals surface area contributed by atoms with Gasteiger partial charge >= 0.3 is 0 Å². The minimum atomic E-state index is -0.611. The Kier molecular flexibility index (Phi) is 4.70. The molecule has 5 nitrogen and oxygen atoms in total. The summed E-state index contributed by atoms with van der Waals surface area (Å²) in [6, 6.07) is 9.25. The summed E-state index contributed by atoms with van der Waals surface area (Å²) in [5.74, 6) is -1.01. The largest absolute Gasteiger partial charge is 0.497 e. The van der Waals surface area contributed by atoms with E-state index in [-0.39, 0.29) is 23.1 Å². The number of hydrogen-bond acceptors (Lipinski definition) is 3. The molecule has 3 rings (SSSR count). The highest BCUT2D eigenvalue weighted by Crippen LogP contribution is 2.25. The number of hydrogen-bond donors (Lipinski definition) is 2. The summed E-state index contributed by atoms with van der Waals surface area (Å²) >= 11 is 0. The van der Waals surface area contributed by atoms with Gasteiger partial charge in [-0.05, 0) is 50.1 Å². The van der Waals surface area contributed by atoms with Crippen LogP contribution in [0.3, 0.4) is 0 Å². The van der Waals surface area contributed by atoms with E-state index in [0.29, 0.717) is 11.4 Å². The standard InChI is InChI=1S/C19H19FN2O3/c1-11-3-7-16(20)14(9-11)18(23)22-17-8-6-13(25-2)10-15(17)19(24)21-12-4-5-12/h3,6-10,12H,4-5H2,1-2H3,(H,21,24)(H,22,23). The Morgan fingerprint density at radius 3 is 2.52 bits per heavy atom. The SMILES string of the molecule is COc1ccc(NC(=O)c2cc(C)ccc2F)c(C(=O)NC2CC2)c1. The van der Waals surface area contributed by atoms with E-state index >= 15 is 0 Å². The van der Waals surface area contributed by atoms with Crippen LogP contribution in [0.5, 0.6) is 5.75 Å². The van der Waals surface area contributed by atoms with Crippen LogP contribution in [0.2, 0.25) is 0 Å². The molecule has 25 heavy (non-hydrogen) atoms. The third-order valence-electron chi connectivity index (χ3n) is 4.00. The number of rotatable bonds is 5. The highest BCUT2D eigenvalue weighted by molar-refractivity contribution is 6.09. The van der Waals surface area contributed by atoms with Crippen molar-refractivity contribution in [3.05, 3.63) is 58.9 Å². The van der Waals surface area contributed by atoms with E-state index < -0.39 is 11.7 Å². The molecule has 2 amide bonds. The van der Waals surface area contributed by atoms with Crippen molar-refractivity contribution in [2.75, 3.05) is 12.4 Å². The van der Waals surface area contributed by atoms with E-state index in [9.17, 15) is 14.0 Å². The van der Waals surface area contributed by atoms with Crippen LogP contribution in [0.25, 0.3) is 0 Å². The molecule has 1 saturated carbocycles. The van der Waals surface area contributed by atoms with Crippen LogP contribution in [0.15, 0.2) is 36.4 Å². The third-order valence-corrected chi connectivity index (χ3v) is 4.00. The summed E-state index contributed by atoms with van der Waals surface area (Å²) in [6.07, 6.45) is 1.90. The van der Waals surface area contributed by atoms with Crippen LogP contribution < -0.4 is 15.4 Å². The highest BCUT2D eigenvalue weighted by Gasteiger charge is 2.25. The number of amides is 2. The van der Waals surface area contributed by atoms with E-state index in [0.717, 1.165) is 18.4 Å². The molecule has 0 atom stereocenters. The van der Waals surface area contributed by atoms with Crippen LogP contribution in [0.4, 0.5) is 10.1 Å². The number of carbonyl (C=O) groups excluding carboxylic acids is 2. The molecule has 0 heterocycles. The van der Waals surface area contributed by atoms with E-state index in [1.807, 2.05) is 0 Å². The maximum absolute atomic E-state index is 13.9. The van der Waals surface area contributed by atoms with Gasteiger partial charge in [0.25, 0.3) is 11.8 Å². The summed E-state index contributed by atoms with van der Waals surface area (Å²) in [4.78, 5) is 24.9. The quantitative estimate of drug-likeness (QED) is 0.876. The Bertz CT molecular complexity index is 831. The second-order valence-electron chi connectivity index (χ2n) is 6.10. The molecule has 2 aromatic carbocycles. The van der Waals surface area contributed by atoms with Crippen molar-refractivity contribution < 1.29 is 18.7 Å². The molecular formula is C19H19FN2O3. The predicted molar refractivity (Wildman–Crippen MR) is 92.6 cm³/mol. The number of methoxy groups -OCH3 is 1. The smallest absolute Gasteiger partial charge is 0.258 e. The molecule has 0 spiro atoms. The number of benzene rings is 2. The van der Waals surface area contributed by atoms with Gasteiger partial charge in [-0.2, -0.15) is 0 Å². The highest BCUT2D eigenvalue weighted by atomic mass is 19.1. The van der Waals surface area contributed by atoms with Crippen LogP contribution in [0.1, 0.15) is 39.1 Å². The Morgan fingerprint density at radius 1 is 1.08 bits per heavy atom. The van der Waals surface area contributed by atoms with Gasteiger partial charge in [-0.3, -0.25) is 9.59 Å². The Balaban J connectivity index is 1.89. The maximum atomic E-state index is 13.9. The molecule has 0 saturated heterocycles. The van der Waals surface area contributed by atoms with Crippen molar-refractivity contribution in [3.8, 4) is 5.75 Å². The molecule has 2 N–H and O–H groups in total. The molecule has 1 fully saturated rings. The van der Waals surface area contributed by atoms with Crippen LogP contribution in [-0.4, -0.2) is 25.0 Å². The van der Waals surface area contributed by atoms with Gasteiger partial charge in [0.1, 0.15) is 11.6 Å². The second-order valence-corrected chi connectivity index (χ2v) is 6.10. The molecule has 2 aromatic rings. The maximum Gasteiger partial charge on any atom is 0.258 e. The summed E-state index contributed by atoms with van der Waals surface area (Å²) < 4.78 is 19.1. The van der Waals surface area contributed by atoms with Crippen molar-refractivity contribution in [1.29, 1.82) is 0 Å². The zero-order valence-corrected chi connectivity index (χ0v) is 14.1. The number of ether oxygens (including phenoxy) is 1. The van der Waals surface area contributed by atoms with E-state index in [1.54, 1.807) is 31.2 Å². The number of halogens is 1. The topological polar surface area (TPSA) is 67.4 Å². The molecule has 130 valence electrons. The van der Waals surface area contributed by atoms with Crippen molar-refractivity contribution >= 4 is 17.5 Å². The fraction of sp³-hybridized carbons (Fsp3) is 0.263. The van der Waals surface area contributed by atoms with Crippen LogP contribution in [0, 0.1) is 12.7 Å². The number of anilines is 1. The molecule has 0 radical (unpaired) electrons. The normalized spacial score (nSPS) is 13.2. The van der Waals surface area contributed by atoms with Gasteiger partial charge in [-0.15, -0.1) is 0 Å². The van der Waals surface area contributed by atoms with Gasteiger partial charge in [0.05, 0.1) is 23.9 Å². The van der Waals surface area contributed by atoms with Gasteiger partial charge in [0, 0.05) is 6.04 Å². The summed E-state index contributed by atoms with van der Waals surface area (Å²) in [7, 11) is 1.50. The molecule has 0 aromatic heterocycles. The fourth-order valence-corrected chi connectivity index (χ4v) is 2.44. The first-order chi connectivity index (χ1) is 12.0. The Labute approximate surface area is 145 Å². The molecule has 6 heteroatoms. The zero-order valence-electron chi connectivity index (χ0n) is 14.1. The van der Waals surface area contributed by atoms with E-state index in [4.69, 9.17) is 4.74 Å². The Morgan fingerprint density at radius 2 is 1.84 bits per heavy atom. The average Bonchev–Trinajstić information content (AvgIpc) is 3.41. The van der Waals surface area contributed by atoms with Gasteiger partial charge in [0.2, 0.25) is 0 Å². The second kappa shape index (κ2) is 6.93. The summed E-state index contributed by atoms with van der Waals surface area (Å²) in [5.41, 5.74) is 1.30. The molecule has 0 unspecified atom stereocenters. The van der Waals surface area contributed by atoms with Crippen molar-refractivity contribution in [3.63, 3.8) is 0 Å². The minimum absolute atomic E-state index is 0.0654. The molecular weight excluding hydrogens is 323 g/mol. The van der Waals surface area contributed by atoms with Crippen molar-refractivity contribution in [1.82, 2.24) is 5.32 Å². The molecule has 1 aliphatic rings. The third kappa shape index (κ3) is 3.96. The monoisotopic (exact) mass is 342 g/mol. The first-order valence-electron chi connectivity index (χ1n) is 8.04. The molecule has 0 aliphatic heterocycles. The van der Waals surface area contributed by atoms with Gasteiger partial charge in [0.15, 0.2) is 0 Å². The Hall–Kier alpha value is -2.89. The fourth-order valence-electron chi connectivity index (χ4n) is 2.44.